The smallest absolute Gasteiger partial charge is 0.390 e. The largest absolute Gasteiger partial charge is 0.420 e. The van der Waals surface area contributed by atoms with E-state index in [2.05, 4.69) is 5.10 Å². The van der Waals surface area contributed by atoms with Gasteiger partial charge in [-0.15, -0.1) is 0 Å². The van der Waals surface area contributed by atoms with Crippen molar-refractivity contribution in [2.75, 3.05) is 11.9 Å². The van der Waals surface area contributed by atoms with E-state index in [9.17, 15) is 19.2 Å². The molecule has 5 rings (SSSR count). The lowest BCUT2D eigenvalue weighted by molar-refractivity contribution is 0.103. The lowest BCUT2D eigenvalue weighted by Crippen LogP contribution is -2.38. The molecule has 0 bridgehead atoms. The van der Waals surface area contributed by atoms with Crippen molar-refractivity contribution < 1.29 is 14.3 Å². The maximum absolute atomic E-state index is 14.0. The van der Waals surface area contributed by atoms with E-state index in [0.717, 1.165) is 4.57 Å². The molecule has 3 aromatic carbocycles. The van der Waals surface area contributed by atoms with Gasteiger partial charge >= 0.3 is 11.8 Å². The molecule has 208 valence electrons. The van der Waals surface area contributed by atoms with Gasteiger partial charge in [0.2, 0.25) is 11.7 Å². The number of benzene rings is 3. The second kappa shape index (κ2) is 10.5. The molecule has 0 saturated heterocycles. The normalized spacial score (nSPS) is 11.1. The van der Waals surface area contributed by atoms with Gasteiger partial charge in [0.1, 0.15) is 5.56 Å². The third-order valence-corrected chi connectivity index (χ3v) is 7.24. The van der Waals surface area contributed by atoms with Crippen LogP contribution in [0.5, 0.6) is 5.88 Å². The number of rotatable bonds is 5. The van der Waals surface area contributed by atoms with E-state index in [1.165, 1.54) is 20.2 Å². The van der Waals surface area contributed by atoms with Crippen LogP contribution in [0.1, 0.15) is 27.2 Å². The van der Waals surface area contributed by atoms with Gasteiger partial charge in [-0.05, 0) is 61.9 Å². The van der Waals surface area contributed by atoms with Gasteiger partial charge in [0.15, 0.2) is 0 Å². The number of aryl methyl sites for hydroxylation is 4. The van der Waals surface area contributed by atoms with Crippen LogP contribution in [0.15, 0.2) is 76.3 Å². The lowest BCUT2D eigenvalue weighted by Gasteiger charge is -2.17. The van der Waals surface area contributed by atoms with Gasteiger partial charge in [-0.1, -0.05) is 35.9 Å². The summed E-state index contributed by atoms with van der Waals surface area (Å²) in [5.74, 6) is -0.515. The molecule has 10 nitrogen and oxygen atoms in total. The summed E-state index contributed by atoms with van der Waals surface area (Å²) in [6.07, 6.45) is -0.706. The average Bonchev–Trinajstić information content (AvgIpc) is 3.23. The predicted molar refractivity (Wildman–Crippen MR) is 157 cm³/mol. The third kappa shape index (κ3) is 4.72. The molecule has 0 atom stereocenters. The lowest BCUT2D eigenvalue weighted by atomic mass is 9.96. The SMILES string of the molecule is Cc1nn(C)c(OC(=O)N(C)c2ccccc2)c1C(=O)c1ccc2c(c1C)c(=O)n(-c1cccc(Cl)c1)c(=O)n2C. The number of hydrogen-bond donors (Lipinski definition) is 0. The maximum atomic E-state index is 14.0. The summed E-state index contributed by atoms with van der Waals surface area (Å²) in [5.41, 5.74) is 1.15. The molecule has 11 heteroatoms. The number of carbonyl (C=O) groups is 2. The predicted octanol–water partition coefficient (Wildman–Crippen LogP) is 4.56. The molecule has 0 aliphatic rings. The summed E-state index contributed by atoms with van der Waals surface area (Å²) in [6.45, 7) is 3.28. The number of nitrogens with zero attached hydrogens (tertiary/aromatic N) is 5. The van der Waals surface area contributed by atoms with Crippen molar-refractivity contribution in [2.45, 2.75) is 13.8 Å². The zero-order chi connectivity index (χ0) is 29.6. The standard InChI is InChI=1S/C30H26ClN5O5/c1-17-22(14-15-23-24(17)27(38)36(29(39)34(23)4)21-13-9-10-19(31)16-21)26(37)25-18(2)32-35(5)28(25)41-30(40)33(3)20-11-7-6-8-12-20/h6-16H,1-5H3. The number of anilines is 1. The number of halogens is 1. The van der Waals surface area contributed by atoms with E-state index in [1.54, 1.807) is 89.6 Å². The highest BCUT2D eigenvalue weighted by molar-refractivity contribution is 6.30. The maximum Gasteiger partial charge on any atom is 0.420 e. The van der Waals surface area contributed by atoms with Crippen molar-refractivity contribution in [3.8, 4) is 11.6 Å². The van der Waals surface area contributed by atoms with Gasteiger partial charge in [-0.25, -0.2) is 18.8 Å². The summed E-state index contributed by atoms with van der Waals surface area (Å²) in [7, 11) is 4.69. The number of ether oxygens (including phenoxy) is 1. The Bertz CT molecular complexity index is 1970. The van der Waals surface area contributed by atoms with E-state index >= 15 is 0 Å². The van der Waals surface area contributed by atoms with E-state index in [-0.39, 0.29) is 22.4 Å². The minimum Gasteiger partial charge on any atom is -0.390 e. The van der Waals surface area contributed by atoms with E-state index in [1.807, 2.05) is 6.07 Å². The first kappa shape index (κ1) is 27.6. The number of hydrogen-bond acceptors (Lipinski definition) is 6. The van der Waals surface area contributed by atoms with Crippen molar-refractivity contribution in [3.63, 3.8) is 0 Å². The molecule has 0 unspecified atom stereocenters. The van der Waals surface area contributed by atoms with Gasteiger partial charge in [0, 0.05) is 37.4 Å². The van der Waals surface area contributed by atoms with Crippen LogP contribution in [-0.4, -0.2) is 37.8 Å². The van der Waals surface area contributed by atoms with Crippen molar-refractivity contribution in [3.05, 3.63) is 115 Å². The Morgan fingerprint density at radius 3 is 2.34 bits per heavy atom. The quantitative estimate of drug-likeness (QED) is 0.286. The second-order valence-corrected chi connectivity index (χ2v) is 10.0. The van der Waals surface area contributed by atoms with E-state index in [4.69, 9.17) is 16.3 Å². The number of para-hydroxylation sites is 1. The molecule has 2 aromatic heterocycles. The van der Waals surface area contributed by atoms with Gasteiger partial charge in [0.25, 0.3) is 5.56 Å². The van der Waals surface area contributed by atoms with Gasteiger partial charge in [0.05, 0.1) is 22.3 Å². The average molecular weight is 572 g/mol. The molecule has 0 spiro atoms. The summed E-state index contributed by atoms with van der Waals surface area (Å²) >= 11 is 6.13. The van der Waals surface area contributed by atoms with Crippen LogP contribution < -0.4 is 20.9 Å². The molecular weight excluding hydrogens is 546 g/mol. The Balaban J connectivity index is 1.63. The zero-order valence-electron chi connectivity index (χ0n) is 23.0. The Morgan fingerprint density at radius 2 is 1.66 bits per heavy atom. The zero-order valence-corrected chi connectivity index (χ0v) is 23.8. The minimum atomic E-state index is -0.706. The van der Waals surface area contributed by atoms with Crippen molar-refractivity contribution in [1.82, 2.24) is 18.9 Å². The van der Waals surface area contributed by atoms with E-state index in [0.29, 0.717) is 33.2 Å². The first-order valence-corrected chi connectivity index (χ1v) is 13.0. The molecule has 0 saturated carbocycles. The van der Waals surface area contributed by atoms with Gasteiger partial charge in [-0.2, -0.15) is 5.10 Å². The fourth-order valence-corrected chi connectivity index (χ4v) is 5.03. The molecule has 1 amide bonds. The van der Waals surface area contributed by atoms with Crippen LogP contribution in [0, 0.1) is 13.8 Å². The Morgan fingerprint density at radius 1 is 0.951 bits per heavy atom. The van der Waals surface area contributed by atoms with Crippen LogP contribution >= 0.6 is 11.6 Å². The highest BCUT2D eigenvalue weighted by Gasteiger charge is 2.28. The Kier molecular flexibility index (Phi) is 7.10. The highest BCUT2D eigenvalue weighted by Crippen LogP contribution is 2.29. The first-order valence-electron chi connectivity index (χ1n) is 12.6. The van der Waals surface area contributed by atoms with Gasteiger partial charge in [-0.3, -0.25) is 19.1 Å². The number of carbonyl (C=O) groups excluding carboxylic acids is 2. The second-order valence-electron chi connectivity index (χ2n) is 9.58. The molecule has 0 N–H and O–H groups in total. The number of amides is 1. The van der Waals surface area contributed by atoms with Crippen molar-refractivity contribution >= 4 is 40.1 Å². The molecule has 0 radical (unpaired) electrons. The van der Waals surface area contributed by atoms with Crippen LogP contribution in [0.2, 0.25) is 5.02 Å². The number of ketones is 1. The highest BCUT2D eigenvalue weighted by atomic mass is 35.5. The number of fused-ring (bicyclic) bond motifs is 1. The molecule has 2 heterocycles. The summed E-state index contributed by atoms with van der Waals surface area (Å²) < 4.78 is 9.37. The van der Waals surface area contributed by atoms with Crippen LogP contribution in [0.3, 0.4) is 0 Å². The summed E-state index contributed by atoms with van der Waals surface area (Å²) in [6, 6.07) is 18.4. The van der Waals surface area contributed by atoms with Crippen LogP contribution in [0.25, 0.3) is 16.6 Å². The minimum absolute atomic E-state index is 0.0309. The molecule has 5 aromatic rings. The molecule has 0 fully saturated rings. The molecule has 41 heavy (non-hydrogen) atoms. The van der Waals surface area contributed by atoms with E-state index < -0.39 is 23.1 Å². The Hall–Kier alpha value is -4.96. The number of aromatic nitrogens is 4. The molecule has 0 aliphatic carbocycles. The molecule has 0 aliphatic heterocycles. The van der Waals surface area contributed by atoms with Crippen LogP contribution in [0.4, 0.5) is 10.5 Å². The summed E-state index contributed by atoms with van der Waals surface area (Å²) in [5, 5.41) is 4.88. The van der Waals surface area contributed by atoms with Crippen LogP contribution in [-0.2, 0) is 14.1 Å². The molecular formula is C30H26ClN5O5. The topological polar surface area (TPSA) is 108 Å². The summed E-state index contributed by atoms with van der Waals surface area (Å²) in [4.78, 5) is 55.2. The van der Waals surface area contributed by atoms with Gasteiger partial charge < -0.3 is 4.74 Å². The van der Waals surface area contributed by atoms with Crippen molar-refractivity contribution in [2.24, 2.45) is 14.1 Å². The first-order chi connectivity index (χ1) is 19.5. The third-order valence-electron chi connectivity index (χ3n) is 7.01. The van der Waals surface area contributed by atoms with Crippen molar-refractivity contribution in [1.29, 1.82) is 0 Å². The fourth-order valence-electron chi connectivity index (χ4n) is 4.85. The Labute approximate surface area is 239 Å². The monoisotopic (exact) mass is 571 g/mol. The fraction of sp³-hybridized carbons (Fsp3) is 0.167.